The standard InChI is InChI=1S/C13H16N2O3/c1-8-4-5-9(7-10(8)14)12(16)15-6-2-3-11(15)13(17)18/h4-5,7,11H,2-3,6,14H2,1H3,(H,17,18). The smallest absolute Gasteiger partial charge is 0.326 e. The van der Waals surface area contributed by atoms with Crippen LogP contribution < -0.4 is 5.73 Å². The van der Waals surface area contributed by atoms with Crippen LogP contribution in [0.3, 0.4) is 0 Å². The monoisotopic (exact) mass is 248 g/mol. The molecule has 1 unspecified atom stereocenters. The number of carboxylic acids is 1. The van der Waals surface area contributed by atoms with Crippen LogP contribution in [0.25, 0.3) is 0 Å². The average molecular weight is 248 g/mol. The Kier molecular flexibility index (Phi) is 3.23. The summed E-state index contributed by atoms with van der Waals surface area (Å²) in [5, 5.41) is 9.06. The van der Waals surface area contributed by atoms with E-state index in [4.69, 9.17) is 10.8 Å². The van der Waals surface area contributed by atoms with Gasteiger partial charge in [-0.1, -0.05) is 6.07 Å². The molecule has 3 N–H and O–H groups in total. The van der Waals surface area contributed by atoms with Gasteiger partial charge in [0.25, 0.3) is 5.91 Å². The number of aryl methyl sites for hydroxylation is 1. The fraction of sp³-hybridized carbons (Fsp3) is 0.385. The number of aliphatic carboxylic acids is 1. The number of anilines is 1. The number of hydrogen-bond donors (Lipinski definition) is 2. The summed E-state index contributed by atoms with van der Waals surface area (Å²) >= 11 is 0. The Morgan fingerprint density at radius 3 is 2.78 bits per heavy atom. The molecule has 1 aliphatic heterocycles. The molecule has 1 fully saturated rings. The fourth-order valence-corrected chi connectivity index (χ4v) is 2.21. The molecule has 0 spiro atoms. The zero-order valence-corrected chi connectivity index (χ0v) is 10.2. The highest BCUT2D eigenvalue weighted by atomic mass is 16.4. The molecule has 1 aliphatic rings. The largest absolute Gasteiger partial charge is 0.480 e. The summed E-state index contributed by atoms with van der Waals surface area (Å²) in [5.74, 6) is -1.20. The van der Waals surface area contributed by atoms with Crippen LogP contribution in [-0.4, -0.2) is 34.5 Å². The van der Waals surface area contributed by atoms with Crippen molar-refractivity contribution in [3.05, 3.63) is 29.3 Å². The molecule has 1 aromatic carbocycles. The van der Waals surface area contributed by atoms with Gasteiger partial charge in [-0.05, 0) is 37.5 Å². The molecule has 5 heteroatoms. The van der Waals surface area contributed by atoms with E-state index in [1.165, 1.54) is 4.90 Å². The number of rotatable bonds is 2. The number of likely N-dealkylation sites (tertiary alicyclic amines) is 1. The molecule has 1 amide bonds. The van der Waals surface area contributed by atoms with Gasteiger partial charge >= 0.3 is 5.97 Å². The second-order valence-corrected chi connectivity index (χ2v) is 4.57. The first-order valence-corrected chi connectivity index (χ1v) is 5.90. The third-order valence-corrected chi connectivity index (χ3v) is 3.32. The Labute approximate surface area is 105 Å². The van der Waals surface area contributed by atoms with Gasteiger partial charge in [-0.2, -0.15) is 0 Å². The van der Waals surface area contributed by atoms with Gasteiger partial charge in [0.15, 0.2) is 0 Å². The van der Waals surface area contributed by atoms with Gasteiger partial charge in [-0.25, -0.2) is 4.79 Å². The molecular weight excluding hydrogens is 232 g/mol. The second-order valence-electron chi connectivity index (χ2n) is 4.57. The van der Waals surface area contributed by atoms with Gasteiger partial charge in [0.1, 0.15) is 6.04 Å². The van der Waals surface area contributed by atoms with E-state index < -0.39 is 12.0 Å². The van der Waals surface area contributed by atoms with E-state index in [1.807, 2.05) is 6.92 Å². The van der Waals surface area contributed by atoms with Gasteiger partial charge in [-0.15, -0.1) is 0 Å². The molecule has 1 aromatic rings. The van der Waals surface area contributed by atoms with Gasteiger partial charge in [0.05, 0.1) is 0 Å². The van der Waals surface area contributed by atoms with E-state index in [9.17, 15) is 9.59 Å². The van der Waals surface area contributed by atoms with Crippen molar-refractivity contribution in [2.24, 2.45) is 0 Å². The molecule has 96 valence electrons. The molecule has 0 saturated carbocycles. The average Bonchev–Trinajstić information content (AvgIpc) is 2.81. The van der Waals surface area contributed by atoms with Gasteiger partial charge < -0.3 is 15.7 Å². The van der Waals surface area contributed by atoms with Crippen molar-refractivity contribution in [1.29, 1.82) is 0 Å². The maximum absolute atomic E-state index is 12.2. The fourth-order valence-electron chi connectivity index (χ4n) is 2.21. The summed E-state index contributed by atoms with van der Waals surface area (Å²) in [6.07, 6.45) is 1.24. The van der Waals surface area contributed by atoms with Crippen molar-refractivity contribution >= 4 is 17.6 Å². The predicted octanol–water partition coefficient (Wildman–Crippen LogP) is 1.27. The Bertz CT molecular complexity index is 499. The van der Waals surface area contributed by atoms with Crippen LogP contribution in [0.4, 0.5) is 5.69 Å². The molecule has 1 saturated heterocycles. The second kappa shape index (κ2) is 4.68. The Morgan fingerprint density at radius 2 is 2.17 bits per heavy atom. The van der Waals surface area contributed by atoms with Gasteiger partial charge in [0, 0.05) is 17.8 Å². The predicted molar refractivity (Wildman–Crippen MR) is 67.3 cm³/mol. The first-order valence-electron chi connectivity index (χ1n) is 5.90. The van der Waals surface area contributed by atoms with E-state index >= 15 is 0 Å². The van der Waals surface area contributed by atoms with Crippen molar-refractivity contribution in [3.63, 3.8) is 0 Å². The summed E-state index contributed by atoms with van der Waals surface area (Å²) in [6, 6.07) is 4.36. The highest BCUT2D eigenvalue weighted by Crippen LogP contribution is 2.22. The van der Waals surface area contributed by atoms with Crippen LogP contribution in [0.15, 0.2) is 18.2 Å². The van der Waals surface area contributed by atoms with Crippen molar-refractivity contribution in [2.45, 2.75) is 25.8 Å². The number of nitrogen functional groups attached to an aromatic ring is 1. The lowest BCUT2D eigenvalue weighted by Crippen LogP contribution is -2.40. The van der Waals surface area contributed by atoms with Crippen LogP contribution >= 0.6 is 0 Å². The number of carbonyl (C=O) groups excluding carboxylic acids is 1. The molecule has 0 aromatic heterocycles. The van der Waals surface area contributed by atoms with E-state index in [1.54, 1.807) is 18.2 Å². The van der Waals surface area contributed by atoms with Crippen LogP contribution in [-0.2, 0) is 4.79 Å². The number of carbonyl (C=O) groups is 2. The maximum Gasteiger partial charge on any atom is 0.326 e. The summed E-state index contributed by atoms with van der Waals surface area (Å²) < 4.78 is 0. The Hall–Kier alpha value is -2.04. The summed E-state index contributed by atoms with van der Waals surface area (Å²) in [4.78, 5) is 24.7. The minimum absolute atomic E-state index is 0.258. The van der Waals surface area contributed by atoms with Gasteiger partial charge in [-0.3, -0.25) is 4.79 Å². The number of hydrogen-bond acceptors (Lipinski definition) is 3. The number of nitrogens with zero attached hydrogens (tertiary/aromatic N) is 1. The number of benzene rings is 1. The van der Waals surface area contributed by atoms with Crippen molar-refractivity contribution in [3.8, 4) is 0 Å². The third kappa shape index (κ3) is 2.16. The lowest BCUT2D eigenvalue weighted by atomic mass is 10.1. The minimum Gasteiger partial charge on any atom is -0.480 e. The lowest BCUT2D eigenvalue weighted by molar-refractivity contribution is -0.141. The molecule has 2 rings (SSSR count). The topological polar surface area (TPSA) is 83.6 Å². The molecule has 1 atom stereocenters. The molecule has 18 heavy (non-hydrogen) atoms. The molecule has 0 aliphatic carbocycles. The quantitative estimate of drug-likeness (QED) is 0.772. The SMILES string of the molecule is Cc1ccc(C(=O)N2CCCC2C(=O)O)cc1N. The van der Waals surface area contributed by atoms with E-state index in [0.717, 1.165) is 12.0 Å². The van der Waals surface area contributed by atoms with E-state index in [-0.39, 0.29) is 5.91 Å². The zero-order valence-electron chi connectivity index (χ0n) is 10.2. The summed E-state index contributed by atoms with van der Waals surface area (Å²) in [6.45, 7) is 2.35. The van der Waals surface area contributed by atoms with Crippen LogP contribution in [0, 0.1) is 6.92 Å². The van der Waals surface area contributed by atoms with Crippen molar-refractivity contribution in [2.75, 3.05) is 12.3 Å². The molecule has 0 radical (unpaired) electrons. The minimum atomic E-state index is -0.944. The van der Waals surface area contributed by atoms with Crippen LogP contribution in [0.1, 0.15) is 28.8 Å². The third-order valence-electron chi connectivity index (χ3n) is 3.32. The van der Waals surface area contributed by atoms with Gasteiger partial charge in [0.2, 0.25) is 0 Å². The van der Waals surface area contributed by atoms with Crippen molar-refractivity contribution < 1.29 is 14.7 Å². The molecular formula is C13H16N2O3. The summed E-state index contributed by atoms with van der Waals surface area (Å²) in [5.41, 5.74) is 7.67. The molecule has 5 nitrogen and oxygen atoms in total. The first kappa shape index (κ1) is 12.4. The summed E-state index contributed by atoms with van der Waals surface area (Å²) in [7, 11) is 0. The van der Waals surface area contributed by atoms with Crippen molar-refractivity contribution in [1.82, 2.24) is 4.90 Å². The van der Waals surface area contributed by atoms with Crippen LogP contribution in [0.2, 0.25) is 0 Å². The molecule has 0 bridgehead atoms. The maximum atomic E-state index is 12.2. The van der Waals surface area contributed by atoms with E-state index in [2.05, 4.69) is 0 Å². The highest BCUT2D eigenvalue weighted by Gasteiger charge is 2.34. The Morgan fingerprint density at radius 1 is 1.44 bits per heavy atom. The zero-order chi connectivity index (χ0) is 13.3. The van der Waals surface area contributed by atoms with E-state index in [0.29, 0.717) is 24.2 Å². The van der Waals surface area contributed by atoms with Crippen LogP contribution in [0.5, 0.6) is 0 Å². The Balaban J connectivity index is 2.25. The lowest BCUT2D eigenvalue weighted by Gasteiger charge is -2.21. The number of nitrogens with two attached hydrogens (primary N) is 1. The first-order chi connectivity index (χ1) is 8.50. The number of amides is 1. The molecule has 1 heterocycles. The highest BCUT2D eigenvalue weighted by molar-refractivity contribution is 5.97. The number of carboxylic acid groups (broad SMARTS) is 1. The normalized spacial score (nSPS) is 18.9.